The molecule has 1 unspecified atom stereocenters. The molecule has 1 aromatic rings. The second kappa shape index (κ2) is 11.3. The fourth-order valence-electron chi connectivity index (χ4n) is 3.07. The molecule has 1 atom stereocenters. The van der Waals surface area contributed by atoms with Crippen LogP contribution in [0.15, 0.2) is 33.7 Å². The van der Waals surface area contributed by atoms with Crippen molar-refractivity contribution in [2.45, 2.75) is 31.7 Å². The maximum atomic E-state index is 5.67. The zero-order chi connectivity index (χ0) is 17.5. The van der Waals surface area contributed by atoms with E-state index in [9.17, 15) is 0 Å². The highest BCUT2D eigenvalue weighted by Crippen LogP contribution is 2.28. The Hall–Kier alpha value is -0.540. The third-order valence-corrected chi connectivity index (χ3v) is 5.28. The van der Waals surface area contributed by atoms with Crippen LogP contribution in [0.2, 0.25) is 0 Å². The van der Waals surface area contributed by atoms with Gasteiger partial charge in [0.15, 0.2) is 5.96 Å². The molecule has 0 aromatic heterocycles. The molecule has 0 amide bonds. The molecule has 2 aliphatic rings. The number of hydrogen-bond donors (Lipinski definition) is 2. The highest BCUT2D eigenvalue weighted by Gasteiger charge is 2.23. The summed E-state index contributed by atoms with van der Waals surface area (Å²) in [4.78, 5) is 6.77. The SMILES string of the molecule is CN=C(NCCCOCC1CC1)NC1CCN(c2ccc(Br)cc2)C1.I. The molecule has 7 heteroatoms. The molecule has 1 aliphatic heterocycles. The van der Waals surface area contributed by atoms with Crippen LogP contribution in [-0.2, 0) is 4.74 Å². The Labute approximate surface area is 182 Å². The van der Waals surface area contributed by atoms with Crippen LogP contribution >= 0.6 is 39.9 Å². The summed E-state index contributed by atoms with van der Waals surface area (Å²) in [6.45, 7) is 4.76. The molecular formula is C19H30BrIN4O. The van der Waals surface area contributed by atoms with Crippen LogP contribution < -0.4 is 15.5 Å². The van der Waals surface area contributed by atoms with Gasteiger partial charge in [0.25, 0.3) is 0 Å². The van der Waals surface area contributed by atoms with Gasteiger partial charge in [0, 0.05) is 56.1 Å². The van der Waals surface area contributed by atoms with E-state index in [0.29, 0.717) is 6.04 Å². The number of hydrogen-bond acceptors (Lipinski definition) is 3. The topological polar surface area (TPSA) is 48.9 Å². The van der Waals surface area contributed by atoms with E-state index in [1.54, 1.807) is 0 Å². The maximum absolute atomic E-state index is 5.67. The van der Waals surface area contributed by atoms with Crippen LogP contribution in [0.1, 0.15) is 25.7 Å². The van der Waals surface area contributed by atoms with Crippen LogP contribution in [0, 0.1) is 5.92 Å². The fourth-order valence-corrected chi connectivity index (χ4v) is 3.33. The first-order valence-corrected chi connectivity index (χ1v) is 10.1. The monoisotopic (exact) mass is 536 g/mol. The first-order chi connectivity index (χ1) is 12.2. The smallest absolute Gasteiger partial charge is 0.191 e. The minimum absolute atomic E-state index is 0. The molecule has 0 radical (unpaired) electrons. The summed E-state index contributed by atoms with van der Waals surface area (Å²) >= 11 is 3.49. The normalized spacial score (nSPS) is 20.0. The minimum atomic E-state index is 0. The highest BCUT2D eigenvalue weighted by molar-refractivity contribution is 14.0. The number of anilines is 1. The Morgan fingerprint density at radius 3 is 2.73 bits per heavy atom. The quantitative estimate of drug-likeness (QED) is 0.230. The van der Waals surface area contributed by atoms with E-state index < -0.39 is 0 Å². The molecule has 3 rings (SSSR count). The Kier molecular flexibility index (Phi) is 9.49. The van der Waals surface area contributed by atoms with Crippen molar-refractivity contribution in [3.8, 4) is 0 Å². The van der Waals surface area contributed by atoms with Crippen LogP contribution in [-0.4, -0.2) is 51.9 Å². The van der Waals surface area contributed by atoms with Crippen LogP contribution in [0.3, 0.4) is 0 Å². The Bertz CT molecular complexity index is 565. The van der Waals surface area contributed by atoms with E-state index in [1.807, 2.05) is 7.05 Å². The summed E-state index contributed by atoms with van der Waals surface area (Å²) in [5, 5.41) is 6.94. The number of ether oxygens (including phenoxy) is 1. The third kappa shape index (κ3) is 7.23. The van der Waals surface area contributed by atoms with Crippen molar-refractivity contribution >= 4 is 51.6 Å². The number of aliphatic imine (C=N–C) groups is 1. The Morgan fingerprint density at radius 2 is 2.04 bits per heavy atom. The van der Waals surface area contributed by atoms with Crippen LogP contribution in [0.25, 0.3) is 0 Å². The second-order valence-electron chi connectivity index (χ2n) is 6.92. The van der Waals surface area contributed by atoms with Gasteiger partial charge >= 0.3 is 0 Å². The van der Waals surface area contributed by atoms with Gasteiger partial charge in [0.2, 0.25) is 0 Å². The molecule has 146 valence electrons. The van der Waals surface area contributed by atoms with Crippen molar-refractivity contribution in [2.75, 3.05) is 44.8 Å². The number of guanidine groups is 1. The van der Waals surface area contributed by atoms with E-state index in [4.69, 9.17) is 4.74 Å². The zero-order valence-electron chi connectivity index (χ0n) is 15.4. The first-order valence-electron chi connectivity index (χ1n) is 9.30. The first kappa shape index (κ1) is 21.8. The van der Waals surface area contributed by atoms with Gasteiger partial charge in [-0.3, -0.25) is 4.99 Å². The minimum Gasteiger partial charge on any atom is -0.381 e. The molecule has 2 fully saturated rings. The van der Waals surface area contributed by atoms with E-state index in [2.05, 4.69) is 60.7 Å². The van der Waals surface area contributed by atoms with Gasteiger partial charge in [-0.15, -0.1) is 24.0 Å². The Morgan fingerprint density at radius 1 is 1.27 bits per heavy atom. The number of rotatable bonds is 8. The van der Waals surface area contributed by atoms with Crippen LogP contribution in [0.4, 0.5) is 5.69 Å². The van der Waals surface area contributed by atoms with E-state index in [-0.39, 0.29) is 24.0 Å². The summed E-state index contributed by atoms with van der Waals surface area (Å²) in [6, 6.07) is 8.97. The predicted octanol–water partition coefficient (Wildman–Crippen LogP) is 3.63. The molecule has 2 N–H and O–H groups in total. The summed E-state index contributed by atoms with van der Waals surface area (Å²) in [5.41, 5.74) is 1.28. The maximum Gasteiger partial charge on any atom is 0.191 e. The lowest BCUT2D eigenvalue weighted by Gasteiger charge is -2.20. The molecule has 5 nitrogen and oxygen atoms in total. The van der Waals surface area contributed by atoms with Gasteiger partial charge in [0.1, 0.15) is 0 Å². The Balaban J connectivity index is 0.00000243. The van der Waals surface area contributed by atoms with Gasteiger partial charge < -0.3 is 20.3 Å². The van der Waals surface area contributed by atoms with Crippen molar-refractivity contribution < 1.29 is 4.74 Å². The number of benzene rings is 1. The van der Waals surface area contributed by atoms with Crippen molar-refractivity contribution in [3.63, 3.8) is 0 Å². The van der Waals surface area contributed by atoms with Crippen molar-refractivity contribution in [3.05, 3.63) is 28.7 Å². The highest BCUT2D eigenvalue weighted by atomic mass is 127. The van der Waals surface area contributed by atoms with Crippen molar-refractivity contribution in [1.29, 1.82) is 0 Å². The average molecular weight is 537 g/mol. The van der Waals surface area contributed by atoms with Crippen molar-refractivity contribution in [1.82, 2.24) is 10.6 Å². The standard InChI is InChI=1S/C19H29BrN4O.HI/c1-21-19(22-10-2-12-25-14-15-3-4-15)23-17-9-11-24(13-17)18-7-5-16(20)6-8-18;/h5-8,15,17H,2-4,9-14H2,1H3,(H2,21,22,23);1H. The van der Waals surface area contributed by atoms with E-state index in [1.165, 1.54) is 18.5 Å². The fraction of sp³-hybridized carbons (Fsp3) is 0.632. The van der Waals surface area contributed by atoms with E-state index in [0.717, 1.165) is 62.0 Å². The van der Waals surface area contributed by atoms with Crippen molar-refractivity contribution in [2.24, 2.45) is 10.9 Å². The molecule has 0 bridgehead atoms. The lowest BCUT2D eigenvalue weighted by Crippen LogP contribution is -2.45. The van der Waals surface area contributed by atoms with Gasteiger partial charge in [-0.25, -0.2) is 0 Å². The lowest BCUT2D eigenvalue weighted by molar-refractivity contribution is 0.123. The van der Waals surface area contributed by atoms with Crippen LogP contribution in [0.5, 0.6) is 0 Å². The molecular weight excluding hydrogens is 507 g/mol. The lowest BCUT2D eigenvalue weighted by atomic mass is 10.3. The number of halogens is 2. The molecule has 1 aliphatic carbocycles. The van der Waals surface area contributed by atoms with Gasteiger partial charge in [0.05, 0.1) is 0 Å². The molecule has 0 spiro atoms. The third-order valence-electron chi connectivity index (χ3n) is 4.75. The summed E-state index contributed by atoms with van der Waals surface area (Å²) < 4.78 is 6.79. The molecule has 1 heterocycles. The van der Waals surface area contributed by atoms with Gasteiger partial charge in [-0.2, -0.15) is 0 Å². The molecule has 1 saturated heterocycles. The predicted molar refractivity (Wildman–Crippen MR) is 123 cm³/mol. The summed E-state index contributed by atoms with van der Waals surface area (Å²) in [5.74, 6) is 1.74. The van der Waals surface area contributed by atoms with E-state index >= 15 is 0 Å². The zero-order valence-corrected chi connectivity index (χ0v) is 19.3. The summed E-state index contributed by atoms with van der Waals surface area (Å²) in [6.07, 6.45) is 4.85. The molecule has 26 heavy (non-hydrogen) atoms. The number of nitrogens with zero attached hydrogens (tertiary/aromatic N) is 2. The average Bonchev–Trinajstić information content (AvgIpc) is 3.34. The largest absolute Gasteiger partial charge is 0.381 e. The second-order valence-corrected chi connectivity index (χ2v) is 7.84. The van der Waals surface area contributed by atoms with Gasteiger partial charge in [-0.05, 0) is 55.9 Å². The summed E-state index contributed by atoms with van der Waals surface area (Å²) in [7, 11) is 1.83. The molecule has 1 aromatic carbocycles. The number of nitrogens with one attached hydrogen (secondary N) is 2. The van der Waals surface area contributed by atoms with Gasteiger partial charge in [-0.1, -0.05) is 15.9 Å². The molecule has 1 saturated carbocycles.